The van der Waals surface area contributed by atoms with Crippen LogP contribution in [0.2, 0.25) is 5.15 Å². The number of hydrogen-bond acceptors (Lipinski definition) is 4. The van der Waals surface area contributed by atoms with Gasteiger partial charge in [0.15, 0.2) is 6.29 Å². The number of carbonyl (C=O) groups is 1. The van der Waals surface area contributed by atoms with Crippen LogP contribution in [0.25, 0.3) is 0 Å². The van der Waals surface area contributed by atoms with Gasteiger partial charge in [0.05, 0.1) is 5.56 Å². The van der Waals surface area contributed by atoms with Gasteiger partial charge < -0.3 is 5.32 Å². The predicted molar refractivity (Wildman–Crippen MR) is 65.0 cm³/mol. The Balaban J connectivity index is 2.80. The van der Waals surface area contributed by atoms with E-state index in [1.165, 1.54) is 6.33 Å². The third-order valence-electron chi connectivity index (χ3n) is 2.16. The Bertz CT molecular complexity index is 368. The maximum atomic E-state index is 10.8. The standard InChI is InChI=1S/C11H16ClN3O/c1-7(2)4-8(3)15-11-9(5-16)10(12)13-6-14-11/h5-8H,4H2,1-3H3,(H,13,14,15). The average Bonchev–Trinajstić information content (AvgIpc) is 2.16. The maximum Gasteiger partial charge on any atom is 0.156 e. The number of nitrogens with zero attached hydrogens (tertiary/aromatic N) is 2. The Hall–Kier alpha value is -1.16. The molecule has 0 aliphatic heterocycles. The van der Waals surface area contributed by atoms with E-state index in [0.29, 0.717) is 23.6 Å². The molecule has 1 rings (SSSR count). The summed E-state index contributed by atoms with van der Waals surface area (Å²) in [5.74, 6) is 1.09. The SMILES string of the molecule is CC(C)CC(C)Nc1ncnc(Cl)c1C=O. The van der Waals surface area contributed by atoms with Gasteiger partial charge in [-0.25, -0.2) is 9.97 Å². The quantitative estimate of drug-likeness (QED) is 0.636. The smallest absolute Gasteiger partial charge is 0.156 e. The van der Waals surface area contributed by atoms with Crippen molar-refractivity contribution in [3.05, 3.63) is 17.0 Å². The average molecular weight is 242 g/mol. The fraction of sp³-hybridized carbons (Fsp3) is 0.545. The van der Waals surface area contributed by atoms with Crippen molar-refractivity contribution in [3.63, 3.8) is 0 Å². The molecule has 0 saturated heterocycles. The van der Waals surface area contributed by atoms with Gasteiger partial charge in [0, 0.05) is 6.04 Å². The van der Waals surface area contributed by atoms with Gasteiger partial charge in [0.25, 0.3) is 0 Å². The molecule has 0 fully saturated rings. The van der Waals surface area contributed by atoms with Crippen molar-refractivity contribution >= 4 is 23.7 Å². The number of hydrogen-bond donors (Lipinski definition) is 1. The lowest BCUT2D eigenvalue weighted by Crippen LogP contribution is -2.19. The van der Waals surface area contributed by atoms with Crippen LogP contribution < -0.4 is 5.32 Å². The molecule has 0 bridgehead atoms. The highest BCUT2D eigenvalue weighted by Crippen LogP contribution is 2.19. The van der Waals surface area contributed by atoms with E-state index in [2.05, 4.69) is 29.1 Å². The summed E-state index contributed by atoms with van der Waals surface area (Å²) >= 11 is 5.80. The number of carbonyl (C=O) groups excluding carboxylic acids is 1. The number of anilines is 1. The predicted octanol–water partition coefficient (Wildman–Crippen LogP) is 2.79. The molecule has 1 unspecified atom stereocenters. The fourth-order valence-electron chi connectivity index (χ4n) is 1.59. The lowest BCUT2D eigenvalue weighted by atomic mass is 10.1. The number of aldehydes is 1. The summed E-state index contributed by atoms with van der Waals surface area (Å²) in [7, 11) is 0. The third-order valence-corrected chi connectivity index (χ3v) is 2.46. The summed E-state index contributed by atoms with van der Waals surface area (Å²) in [6.45, 7) is 6.34. The molecule has 0 radical (unpaired) electrons. The van der Waals surface area contributed by atoms with E-state index < -0.39 is 0 Å². The van der Waals surface area contributed by atoms with Crippen LogP contribution in [-0.4, -0.2) is 22.3 Å². The highest BCUT2D eigenvalue weighted by molar-refractivity contribution is 6.32. The van der Waals surface area contributed by atoms with Crippen molar-refractivity contribution in [2.75, 3.05) is 5.32 Å². The second kappa shape index (κ2) is 5.80. The first-order valence-electron chi connectivity index (χ1n) is 5.26. The molecule has 1 heterocycles. The first kappa shape index (κ1) is 12.9. The summed E-state index contributed by atoms with van der Waals surface area (Å²) in [4.78, 5) is 18.6. The van der Waals surface area contributed by atoms with Crippen LogP contribution in [0.3, 0.4) is 0 Å². The second-order valence-electron chi connectivity index (χ2n) is 4.22. The van der Waals surface area contributed by atoms with Crippen LogP contribution in [0.4, 0.5) is 5.82 Å². The van der Waals surface area contributed by atoms with E-state index in [4.69, 9.17) is 11.6 Å². The molecule has 0 saturated carbocycles. The van der Waals surface area contributed by atoms with Crippen LogP contribution in [-0.2, 0) is 0 Å². The molecular weight excluding hydrogens is 226 g/mol. The molecule has 5 heteroatoms. The molecule has 1 N–H and O–H groups in total. The van der Waals surface area contributed by atoms with Crippen molar-refractivity contribution in [2.45, 2.75) is 33.2 Å². The Morgan fingerprint density at radius 1 is 1.44 bits per heavy atom. The topological polar surface area (TPSA) is 54.9 Å². The molecule has 1 atom stereocenters. The second-order valence-corrected chi connectivity index (χ2v) is 4.58. The lowest BCUT2D eigenvalue weighted by molar-refractivity contribution is 0.112. The Labute approximate surface area is 100 Å². The minimum atomic E-state index is 0.184. The molecule has 0 amide bonds. The molecule has 0 aromatic carbocycles. The van der Waals surface area contributed by atoms with E-state index >= 15 is 0 Å². The van der Waals surface area contributed by atoms with Gasteiger partial charge in [-0.2, -0.15) is 0 Å². The summed E-state index contributed by atoms with van der Waals surface area (Å²) in [6, 6.07) is 0.240. The van der Waals surface area contributed by atoms with Gasteiger partial charge in [-0.15, -0.1) is 0 Å². The number of rotatable bonds is 5. The van der Waals surface area contributed by atoms with Crippen molar-refractivity contribution in [1.82, 2.24) is 9.97 Å². The minimum absolute atomic E-state index is 0.184. The van der Waals surface area contributed by atoms with Crippen molar-refractivity contribution in [2.24, 2.45) is 5.92 Å². The lowest BCUT2D eigenvalue weighted by Gasteiger charge is -2.17. The first-order chi connectivity index (χ1) is 7.54. The Morgan fingerprint density at radius 2 is 2.12 bits per heavy atom. The third kappa shape index (κ3) is 3.45. The summed E-state index contributed by atoms with van der Waals surface area (Å²) in [5, 5.41) is 3.35. The highest BCUT2D eigenvalue weighted by atomic mass is 35.5. The highest BCUT2D eigenvalue weighted by Gasteiger charge is 2.12. The molecule has 0 aliphatic carbocycles. The van der Waals surface area contributed by atoms with Crippen LogP contribution in [0.15, 0.2) is 6.33 Å². The summed E-state index contributed by atoms with van der Waals surface area (Å²) in [5.41, 5.74) is 0.319. The molecule has 1 aromatic heterocycles. The van der Waals surface area contributed by atoms with Gasteiger partial charge in [-0.1, -0.05) is 25.4 Å². The first-order valence-corrected chi connectivity index (χ1v) is 5.64. The number of halogens is 1. The van der Waals surface area contributed by atoms with E-state index in [0.717, 1.165) is 6.42 Å². The van der Waals surface area contributed by atoms with Gasteiger partial charge >= 0.3 is 0 Å². The Kier molecular flexibility index (Phi) is 4.68. The molecule has 88 valence electrons. The minimum Gasteiger partial charge on any atom is -0.367 e. The zero-order valence-electron chi connectivity index (χ0n) is 9.70. The van der Waals surface area contributed by atoms with Crippen LogP contribution in [0.1, 0.15) is 37.6 Å². The van der Waals surface area contributed by atoms with E-state index in [9.17, 15) is 4.79 Å². The van der Waals surface area contributed by atoms with Crippen LogP contribution >= 0.6 is 11.6 Å². The van der Waals surface area contributed by atoms with Crippen LogP contribution in [0.5, 0.6) is 0 Å². The van der Waals surface area contributed by atoms with E-state index in [-0.39, 0.29) is 11.2 Å². The zero-order valence-corrected chi connectivity index (χ0v) is 10.5. The molecular formula is C11H16ClN3O. The molecule has 0 spiro atoms. The number of aromatic nitrogens is 2. The van der Waals surface area contributed by atoms with E-state index in [1.54, 1.807) is 0 Å². The van der Waals surface area contributed by atoms with Crippen molar-refractivity contribution < 1.29 is 4.79 Å². The Morgan fingerprint density at radius 3 is 2.69 bits per heavy atom. The van der Waals surface area contributed by atoms with Gasteiger partial charge in [-0.3, -0.25) is 4.79 Å². The molecule has 0 aliphatic rings. The van der Waals surface area contributed by atoms with Crippen LogP contribution in [0, 0.1) is 5.92 Å². The van der Waals surface area contributed by atoms with E-state index in [1.807, 2.05) is 6.92 Å². The summed E-state index contributed by atoms with van der Waals surface area (Å²) < 4.78 is 0. The van der Waals surface area contributed by atoms with Gasteiger partial charge in [-0.05, 0) is 19.3 Å². The number of nitrogens with one attached hydrogen (secondary N) is 1. The maximum absolute atomic E-state index is 10.8. The van der Waals surface area contributed by atoms with Gasteiger partial charge in [0.1, 0.15) is 17.3 Å². The van der Waals surface area contributed by atoms with Crippen molar-refractivity contribution in [1.29, 1.82) is 0 Å². The molecule has 16 heavy (non-hydrogen) atoms. The van der Waals surface area contributed by atoms with Gasteiger partial charge in [0.2, 0.25) is 0 Å². The largest absolute Gasteiger partial charge is 0.367 e. The van der Waals surface area contributed by atoms with Crippen molar-refractivity contribution in [3.8, 4) is 0 Å². The summed E-state index contributed by atoms with van der Waals surface area (Å²) in [6.07, 6.45) is 3.02. The molecule has 4 nitrogen and oxygen atoms in total. The normalized spacial score (nSPS) is 12.6. The monoisotopic (exact) mass is 241 g/mol. The fourth-order valence-corrected chi connectivity index (χ4v) is 1.77. The zero-order chi connectivity index (χ0) is 12.1. The molecule has 1 aromatic rings.